The van der Waals surface area contributed by atoms with Gasteiger partial charge in [0.2, 0.25) is 0 Å². The molecule has 2 atom stereocenters. The van der Waals surface area contributed by atoms with E-state index in [1.807, 2.05) is 12.1 Å². The van der Waals surface area contributed by atoms with Crippen LogP contribution in [0.15, 0.2) is 42.5 Å². The van der Waals surface area contributed by atoms with Gasteiger partial charge in [-0.3, -0.25) is 9.69 Å². The summed E-state index contributed by atoms with van der Waals surface area (Å²) in [6.45, 7) is 5.27. The number of nitrogens with one attached hydrogen (secondary N) is 1. The number of fused-ring (bicyclic) bond motifs is 2. The van der Waals surface area contributed by atoms with Crippen LogP contribution in [0.25, 0.3) is 0 Å². The quantitative estimate of drug-likeness (QED) is 0.623. The molecule has 0 unspecified atom stereocenters. The van der Waals surface area contributed by atoms with Crippen molar-refractivity contribution in [2.75, 3.05) is 45.9 Å². The molecule has 1 fully saturated rings. The van der Waals surface area contributed by atoms with Crippen LogP contribution in [0.2, 0.25) is 0 Å². The Kier molecular flexibility index (Phi) is 9.45. The molecule has 3 aliphatic heterocycles. The molecule has 3 heterocycles. The Bertz CT molecular complexity index is 971. The summed E-state index contributed by atoms with van der Waals surface area (Å²) in [5.41, 5.74) is 3.24. The van der Waals surface area contributed by atoms with Gasteiger partial charge in [0.1, 0.15) is 24.2 Å². The molecule has 5 rings (SSSR count). The summed E-state index contributed by atoms with van der Waals surface area (Å²) in [6.07, 6.45) is 1.52. The van der Waals surface area contributed by atoms with E-state index in [-0.39, 0.29) is 36.8 Å². The van der Waals surface area contributed by atoms with Gasteiger partial charge >= 0.3 is 0 Å². The van der Waals surface area contributed by atoms with Crippen molar-refractivity contribution in [3.63, 3.8) is 0 Å². The predicted molar refractivity (Wildman–Crippen MR) is 136 cm³/mol. The number of hydrogen-bond acceptors (Lipinski definition) is 6. The maximum absolute atomic E-state index is 13.2. The minimum Gasteiger partial charge on any atom is -0.491 e. The Morgan fingerprint density at radius 2 is 1.94 bits per heavy atom. The summed E-state index contributed by atoms with van der Waals surface area (Å²) in [6, 6.07) is 13.9. The number of carbonyl (C=O) groups excluding carboxylic acids is 1. The van der Waals surface area contributed by atoms with Crippen LogP contribution in [0.4, 0.5) is 0 Å². The fraction of sp³-hybridized carbons (Fsp3) is 0.480. The molecule has 0 aromatic heterocycles. The number of aliphatic hydroxyl groups is 1. The van der Waals surface area contributed by atoms with Crippen LogP contribution in [0.5, 0.6) is 11.5 Å². The zero-order chi connectivity index (χ0) is 21.9. The molecule has 2 aromatic rings. The fourth-order valence-corrected chi connectivity index (χ4v) is 4.83. The third-order valence-corrected chi connectivity index (χ3v) is 6.52. The smallest absolute Gasteiger partial charge is 0.257 e. The third kappa shape index (κ3) is 6.15. The van der Waals surface area contributed by atoms with Gasteiger partial charge in [-0.25, -0.2) is 0 Å². The van der Waals surface area contributed by atoms with E-state index in [2.05, 4.69) is 34.5 Å². The number of hydrogen-bond donors (Lipinski definition) is 2. The SMILES string of the molecule is Cl.Cl.O=C1c2ccc(O[C@@H]3CCNC3)cc2OCCN1C[C@H](O)CN1CCc2ccccc2C1. The molecule has 0 aliphatic carbocycles. The van der Waals surface area contributed by atoms with E-state index in [4.69, 9.17) is 9.47 Å². The molecule has 2 aromatic carbocycles. The second-order valence-electron chi connectivity index (χ2n) is 8.90. The van der Waals surface area contributed by atoms with E-state index in [1.165, 1.54) is 11.1 Å². The zero-order valence-corrected chi connectivity index (χ0v) is 20.8. The molecule has 7 nitrogen and oxygen atoms in total. The Labute approximate surface area is 213 Å². The average molecular weight is 510 g/mol. The van der Waals surface area contributed by atoms with Crippen molar-refractivity contribution in [2.24, 2.45) is 0 Å². The van der Waals surface area contributed by atoms with Crippen molar-refractivity contribution in [3.8, 4) is 11.5 Å². The molecule has 1 saturated heterocycles. The second-order valence-corrected chi connectivity index (χ2v) is 8.90. The minimum atomic E-state index is -0.608. The van der Waals surface area contributed by atoms with Crippen molar-refractivity contribution in [3.05, 3.63) is 59.2 Å². The van der Waals surface area contributed by atoms with Crippen LogP contribution in [0, 0.1) is 0 Å². The lowest BCUT2D eigenvalue weighted by molar-refractivity contribution is 0.0501. The standard InChI is InChI=1S/C25H31N3O4.2ClH/c29-20(16-27-10-8-18-3-1-2-4-19(18)15-27)17-28-11-12-31-24-13-21(5-6-23(24)25(28)30)32-22-7-9-26-14-22;;/h1-6,13,20,22,26,29H,7-12,14-17H2;2*1H/t20-,22-;;/m1../s1. The normalized spacial score (nSPS) is 20.7. The number of carbonyl (C=O) groups is 1. The summed E-state index contributed by atoms with van der Waals surface area (Å²) in [5.74, 6) is 1.18. The fourth-order valence-electron chi connectivity index (χ4n) is 4.83. The highest BCUT2D eigenvalue weighted by Crippen LogP contribution is 2.29. The first-order valence-electron chi connectivity index (χ1n) is 11.6. The van der Waals surface area contributed by atoms with Gasteiger partial charge in [0, 0.05) is 38.8 Å². The van der Waals surface area contributed by atoms with Crippen LogP contribution in [0.1, 0.15) is 27.9 Å². The molecule has 3 aliphatic rings. The van der Waals surface area contributed by atoms with E-state index in [9.17, 15) is 9.90 Å². The first kappa shape index (κ1) is 26.6. The van der Waals surface area contributed by atoms with Gasteiger partial charge in [0.05, 0.1) is 18.2 Å². The van der Waals surface area contributed by atoms with Crippen molar-refractivity contribution in [1.29, 1.82) is 0 Å². The van der Waals surface area contributed by atoms with Crippen LogP contribution in [-0.4, -0.2) is 78.9 Å². The van der Waals surface area contributed by atoms with Crippen molar-refractivity contribution < 1.29 is 19.4 Å². The van der Waals surface area contributed by atoms with Gasteiger partial charge in [-0.1, -0.05) is 24.3 Å². The summed E-state index contributed by atoms with van der Waals surface area (Å²) >= 11 is 0. The molecule has 186 valence electrons. The number of halogens is 2. The largest absolute Gasteiger partial charge is 0.491 e. The second kappa shape index (κ2) is 12.1. The lowest BCUT2D eigenvalue weighted by Gasteiger charge is -2.32. The highest BCUT2D eigenvalue weighted by atomic mass is 35.5. The van der Waals surface area contributed by atoms with Gasteiger partial charge in [0.15, 0.2) is 0 Å². The Hall–Kier alpha value is -2.03. The van der Waals surface area contributed by atoms with Gasteiger partial charge in [-0.15, -0.1) is 24.8 Å². The molecular formula is C25H33Cl2N3O4. The van der Waals surface area contributed by atoms with Gasteiger partial charge < -0.3 is 24.8 Å². The van der Waals surface area contributed by atoms with Crippen molar-refractivity contribution >= 4 is 30.7 Å². The third-order valence-electron chi connectivity index (χ3n) is 6.52. The van der Waals surface area contributed by atoms with Gasteiger partial charge in [-0.2, -0.15) is 0 Å². The lowest BCUT2D eigenvalue weighted by Crippen LogP contribution is -2.44. The Balaban J connectivity index is 0.00000162. The molecule has 0 saturated carbocycles. The van der Waals surface area contributed by atoms with Crippen LogP contribution >= 0.6 is 24.8 Å². The van der Waals surface area contributed by atoms with Gasteiger partial charge in [-0.05, 0) is 42.6 Å². The molecule has 0 radical (unpaired) electrons. The number of amides is 1. The maximum atomic E-state index is 13.2. The molecule has 2 N–H and O–H groups in total. The molecule has 0 bridgehead atoms. The summed E-state index contributed by atoms with van der Waals surface area (Å²) < 4.78 is 11.9. The van der Waals surface area contributed by atoms with Crippen LogP contribution < -0.4 is 14.8 Å². The zero-order valence-electron chi connectivity index (χ0n) is 19.2. The predicted octanol–water partition coefficient (Wildman–Crippen LogP) is 2.52. The average Bonchev–Trinajstić information content (AvgIpc) is 3.26. The molecule has 0 spiro atoms. The van der Waals surface area contributed by atoms with E-state index in [0.717, 1.165) is 44.8 Å². The maximum Gasteiger partial charge on any atom is 0.257 e. The molecule has 9 heteroatoms. The number of benzene rings is 2. The van der Waals surface area contributed by atoms with Crippen LogP contribution in [0.3, 0.4) is 0 Å². The van der Waals surface area contributed by atoms with Crippen molar-refractivity contribution in [2.45, 2.75) is 31.6 Å². The van der Waals surface area contributed by atoms with E-state index >= 15 is 0 Å². The molecule has 34 heavy (non-hydrogen) atoms. The minimum absolute atomic E-state index is 0. The van der Waals surface area contributed by atoms with Gasteiger partial charge in [0.25, 0.3) is 5.91 Å². The van der Waals surface area contributed by atoms with E-state index < -0.39 is 6.10 Å². The number of β-amino-alcohol motifs (C(OH)–C–C–N with tert-alkyl or cyclic N) is 1. The van der Waals surface area contributed by atoms with E-state index in [1.54, 1.807) is 11.0 Å². The number of nitrogens with zero attached hydrogens (tertiary/aromatic N) is 2. The van der Waals surface area contributed by atoms with E-state index in [0.29, 0.717) is 37.6 Å². The highest BCUT2D eigenvalue weighted by Gasteiger charge is 2.27. The van der Waals surface area contributed by atoms with Crippen molar-refractivity contribution in [1.82, 2.24) is 15.1 Å². The number of rotatable bonds is 6. The Morgan fingerprint density at radius 1 is 1.12 bits per heavy atom. The number of ether oxygens (including phenoxy) is 2. The summed E-state index contributed by atoms with van der Waals surface area (Å²) in [5, 5.41) is 14.0. The molecule has 1 amide bonds. The summed E-state index contributed by atoms with van der Waals surface area (Å²) in [7, 11) is 0. The first-order valence-corrected chi connectivity index (χ1v) is 11.6. The molecular weight excluding hydrogens is 477 g/mol. The number of aliphatic hydroxyl groups excluding tert-OH is 1. The lowest BCUT2D eigenvalue weighted by atomic mass is 10.00. The topological polar surface area (TPSA) is 74.3 Å². The highest BCUT2D eigenvalue weighted by molar-refractivity contribution is 5.97. The van der Waals surface area contributed by atoms with Crippen LogP contribution in [-0.2, 0) is 13.0 Å². The monoisotopic (exact) mass is 509 g/mol. The summed E-state index contributed by atoms with van der Waals surface area (Å²) in [4.78, 5) is 17.1. The Morgan fingerprint density at radius 3 is 2.74 bits per heavy atom. The first-order chi connectivity index (χ1) is 15.7.